The van der Waals surface area contributed by atoms with E-state index in [0.717, 1.165) is 26.3 Å². The Morgan fingerprint density at radius 1 is 1.41 bits per heavy atom. The van der Waals surface area contributed by atoms with Gasteiger partial charge >= 0.3 is 0 Å². The summed E-state index contributed by atoms with van der Waals surface area (Å²) in [6, 6.07) is 2.28. The largest absolute Gasteiger partial charge is 0.376 e. The molecule has 1 rings (SSSR count). The number of ether oxygens (including phenoxy) is 1. The van der Waals surface area contributed by atoms with Crippen LogP contribution in [0.4, 0.5) is 0 Å². The molecule has 0 spiro atoms. The molecule has 2 nitrogen and oxygen atoms in total. The van der Waals surface area contributed by atoms with Gasteiger partial charge in [-0.25, -0.2) is 0 Å². The van der Waals surface area contributed by atoms with Gasteiger partial charge in [-0.1, -0.05) is 20.8 Å². The number of hydrogen-bond acceptors (Lipinski definition) is 3. The highest BCUT2D eigenvalue weighted by molar-refractivity contribution is 7.12. The molecule has 0 atom stereocenters. The van der Waals surface area contributed by atoms with E-state index >= 15 is 0 Å². The van der Waals surface area contributed by atoms with Crippen molar-refractivity contribution in [1.82, 2.24) is 5.32 Å². The van der Waals surface area contributed by atoms with Crippen LogP contribution >= 0.6 is 11.3 Å². The van der Waals surface area contributed by atoms with Crippen LogP contribution in [0.3, 0.4) is 0 Å². The first kappa shape index (κ1) is 14.7. The molecule has 0 saturated heterocycles. The summed E-state index contributed by atoms with van der Waals surface area (Å²) in [6.45, 7) is 12.4. The second kappa shape index (κ2) is 7.85. The maximum atomic E-state index is 5.69. The van der Waals surface area contributed by atoms with Crippen molar-refractivity contribution >= 4 is 11.3 Å². The highest BCUT2D eigenvalue weighted by atomic mass is 32.1. The van der Waals surface area contributed by atoms with E-state index in [1.54, 1.807) is 0 Å². The third kappa shape index (κ3) is 5.66. The van der Waals surface area contributed by atoms with E-state index in [2.05, 4.69) is 39.1 Å². The van der Waals surface area contributed by atoms with Gasteiger partial charge in [0.2, 0.25) is 0 Å². The minimum absolute atomic E-state index is 0.611. The Kier molecular flexibility index (Phi) is 6.78. The lowest BCUT2D eigenvalue weighted by Gasteiger charge is -2.05. The monoisotopic (exact) mass is 255 g/mol. The SMILES string of the molecule is CCCNCc1cc(COCC(C)C)c(C)s1. The van der Waals surface area contributed by atoms with Crippen molar-refractivity contribution in [1.29, 1.82) is 0 Å². The van der Waals surface area contributed by atoms with Crippen LogP contribution in [-0.2, 0) is 17.9 Å². The van der Waals surface area contributed by atoms with Crippen LogP contribution in [0.2, 0.25) is 0 Å². The van der Waals surface area contributed by atoms with Gasteiger partial charge in [0.25, 0.3) is 0 Å². The number of aryl methyl sites for hydroxylation is 1. The van der Waals surface area contributed by atoms with Gasteiger partial charge in [0.1, 0.15) is 0 Å². The molecule has 0 bridgehead atoms. The molecule has 3 heteroatoms. The highest BCUT2D eigenvalue weighted by Gasteiger charge is 2.05. The number of thiophene rings is 1. The molecule has 0 saturated carbocycles. The molecule has 0 unspecified atom stereocenters. The van der Waals surface area contributed by atoms with Crippen LogP contribution in [0.15, 0.2) is 6.07 Å². The van der Waals surface area contributed by atoms with Crippen molar-refractivity contribution in [3.63, 3.8) is 0 Å². The van der Waals surface area contributed by atoms with Gasteiger partial charge < -0.3 is 10.1 Å². The summed E-state index contributed by atoms with van der Waals surface area (Å²) < 4.78 is 5.69. The van der Waals surface area contributed by atoms with Gasteiger partial charge in [-0.3, -0.25) is 0 Å². The first-order chi connectivity index (χ1) is 8.13. The molecule has 1 aromatic heterocycles. The maximum absolute atomic E-state index is 5.69. The Labute approximate surface area is 109 Å². The summed E-state index contributed by atoms with van der Waals surface area (Å²) in [5.41, 5.74) is 1.35. The van der Waals surface area contributed by atoms with Crippen molar-refractivity contribution in [2.24, 2.45) is 5.92 Å². The van der Waals surface area contributed by atoms with Crippen LogP contribution in [0.5, 0.6) is 0 Å². The Morgan fingerprint density at radius 2 is 2.18 bits per heavy atom. The van der Waals surface area contributed by atoms with Crippen LogP contribution < -0.4 is 5.32 Å². The van der Waals surface area contributed by atoms with Crippen molar-refractivity contribution in [2.45, 2.75) is 47.3 Å². The third-order valence-corrected chi connectivity index (χ3v) is 3.60. The van der Waals surface area contributed by atoms with Crippen molar-refractivity contribution in [3.8, 4) is 0 Å². The van der Waals surface area contributed by atoms with Crippen LogP contribution in [0.1, 0.15) is 42.5 Å². The van der Waals surface area contributed by atoms with Gasteiger partial charge in [-0.15, -0.1) is 11.3 Å². The zero-order valence-corrected chi connectivity index (χ0v) is 12.3. The molecule has 0 aromatic carbocycles. The summed E-state index contributed by atoms with van der Waals surface area (Å²) in [4.78, 5) is 2.81. The lowest BCUT2D eigenvalue weighted by molar-refractivity contribution is 0.0970. The molecule has 17 heavy (non-hydrogen) atoms. The topological polar surface area (TPSA) is 21.3 Å². The van der Waals surface area contributed by atoms with Crippen LogP contribution in [0.25, 0.3) is 0 Å². The normalized spacial score (nSPS) is 11.4. The van der Waals surface area contributed by atoms with Gasteiger partial charge in [-0.05, 0) is 37.4 Å². The Hall–Kier alpha value is -0.380. The first-order valence-electron chi connectivity index (χ1n) is 6.50. The minimum atomic E-state index is 0.611. The molecule has 1 N–H and O–H groups in total. The molecule has 0 aliphatic heterocycles. The molecule has 0 fully saturated rings. The van der Waals surface area contributed by atoms with E-state index in [0.29, 0.717) is 5.92 Å². The number of rotatable bonds is 8. The zero-order valence-electron chi connectivity index (χ0n) is 11.5. The van der Waals surface area contributed by atoms with Crippen molar-refractivity contribution in [2.75, 3.05) is 13.2 Å². The molecule has 0 amide bonds. The van der Waals surface area contributed by atoms with Gasteiger partial charge in [-0.2, -0.15) is 0 Å². The number of nitrogens with one attached hydrogen (secondary N) is 1. The van der Waals surface area contributed by atoms with Gasteiger partial charge in [0.15, 0.2) is 0 Å². The molecule has 1 heterocycles. The quantitative estimate of drug-likeness (QED) is 0.715. The average Bonchev–Trinajstić information content (AvgIpc) is 2.60. The smallest absolute Gasteiger partial charge is 0.0727 e. The molecular weight excluding hydrogens is 230 g/mol. The summed E-state index contributed by atoms with van der Waals surface area (Å²) in [5.74, 6) is 0.611. The number of hydrogen-bond donors (Lipinski definition) is 1. The molecule has 0 aliphatic carbocycles. The Bertz CT molecular complexity index is 320. The van der Waals surface area contributed by atoms with Crippen molar-refractivity contribution in [3.05, 3.63) is 21.4 Å². The standard InChI is InChI=1S/C14H25NOS/c1-5-6-15-8-14-7-13(12(4)17-14)10-16-9-11(2)3/h7,11,15H,5-6,8-10H2,1-4H3. The lowest BCUT2D eigenvalue weighted by Crippen LogP contribution is -2.12. The van der Waals surface area contributed by atoms with E-state index in [1.807, 2.05) is 11.3 Å². The van der Waals surface area contributed by atoms with E-state index in [9.17, 15) is 0 Å². The molecule has 98 valence electrons. The summed E-state index contributed by atoms with van der Waals surface area (Å²) in [7, 11) is 0. The fourth-order valence-corrected chi connectivity index (χ4v) is 2.63. The molecule has 1 aromatic rings. The maximum Gasteiger partial charge on any atom is 0.0727 e. The van der Waals surface area contributed by atoms with Crippen molar-refractivity contribution < 1.29 is 4.74 Å². The van der Waals surface area contributed by atoms with Crippen LogP contribution in [-0.4, -0.2) is 13.2 Å². The van der Waals surface area contributed by atoms with E-state index in [4.69, 9.17) is 4.74 Å². The zero-order chi connectivity index (χ0) is 12.7. The fraction of sp³-hybridized carbons (Fsp3) is 0.714. The van der Waals surface area contributed by atoms with Gasteiger partial charge in [0, 0.05) is 22.9 Å². The summed E-state index contributed by atoms with van der Waals surface area (Å²) in [6.07, 6.45) is 1.19. The predicted molar refractivity (Wildman–Crippen MR) is 75.5 cm³/mol. The molecule has 0 aliphatic rings. The van der Waals surface area contributed by atoms with E-state index < -0.39 is 0 Å². The van der Waals surface area contributed by atoms with Crippen LogP contribution in [0, 0.1) is 12.8 Å². The Balaban J connectivity index is 2.39. The summed E-state index contributed by atoms with van der Waals surface area (Å²) >= 11 is 1.88. The summed E-state index contributed by atoms with van der Waals surface area (Å²) in [5, 5.41) is 3.44. The average molecular weight is 255 g/mol. The molecular formula is C14H25NOS. The third-order valence-electron chi connectivity index (χ3n) is 2.51. The predicted octanol–water partition coefficient (Wildman–Crippen LogP) is 3.73. The Morgan fingerprint density at radius 3 is 2.82 bits per heavy atom. The lowest BCUT2D eigenvalue weighted by atomic mass is 10.2. The van der Waals surface area contributed by atoms with Gasteiger partial charge in [0.05, 0.1) is 6.61 Å². The highest BCUT2D eigenvalue weighted by Crippen LogP contribution is 2.22. The van der Waals surface area contributed by atoms with E-state index in [1.165, 1.54) is 21.7 Å². The molecule has 0 radical (unpaired) electrons. The first-order valence-corrected chi connectivity index (χ1v) is 7.31. The second-order valence-corrected chi connectivity index (χ2v) is 6.22. The minimum Gasteiger partial charge on any atom is -0.376 e. The van der Waals surface area contributed by atoms with E-state index in [-0.39, 0.29) is 0 Å². The fourth-order valence-electron chi connectivity index (χ4n) is 1.61. The second-order valence-electron chi connectivity index (χ2n) is 4.88.